The molecule has 1 saturated heterocycles. The Morgan fingerprint density at radius 3 is 2.40 bits per heavy atom. The van der Waals surface area contributed by atoms with E-state index in [4.69, 9.17) is 0 Å². The third kappa shape index (κ3) is 6.03. The minimum Gasteiger partial charge on any atom is -0.348 e. The highest BCUT2D eigenvalue weighted by atomic mass is 32.2. The number of hydrogen-bond donors (Lipinski definition) is 1. The lowest BCUT2D eigenvalue weighted by Crippen LogP contribution is -2.40. The van der Waals surface area contributed by atoms with Crippen LogP contribution < -0.4 is 5.32 Å². The standard InChI is InChI=1S/C21H32N2OS/c1-17(22-21(24)16-23-14-6-3-7-15-23)18-10-12-20(13-11-18)25-19-8-4-2-5-9-19/h10-13,17,19H,2-9,14-16H2,1H3,(H,22,24). The van der Waals surface area contributed by atoms with Crippen LogP contribution in [0.3, 0.4) is 0 Å². The SMILES string of the molecule is CC(NC(=O)CN1CCCCC1)c1ccc(SC2CCCCC2)cc1. The Morgan fingerprint density at radius 2 is 1.72 bits per heavy atom. The van der Waals surface area contributed by atoms with Crippen LogP contribution in [0.1, 0.15) is 69.9 Å². The number of nitrogens with one attached hydrogen (secondary N) is 1. The molecule has 1 aliphatic carbocycles. The van der Waals surface area contributed by atoms with E-state index in [1.807, 2.05) is 11.8 Å². The molecule has 2 aliphatic rings. The van der Waals surface area contributed by atoms with Gasteiger partial charge in [0.05, 0.1) is 12.6 Å². The van der Waals surface area contributed by atoms with Crippen molar-refractivity contribution in [1.82, 2.24) is 10.2 Å². The molecule has 1 amide bonds. The fourth-order valence-corrected chi connectivity index (χ4v) is 5.15. The first-order chi connectivity index (χ1) is 12.2. The molecule has 2 fully saturated rings. The average Bonchev–Trinajstić information content (AvgIpc) is 2.64. The summed E-state index contributed by atoms with van der Waals surface area (Å²) in [5, 5.41) is 3.95. The van der Waals surface area contributed by atoms with E-state index in [1.54, 1.807) is 0 Å². The van der Waals surface area contributed by atoms with Crippen molar-refractivity contribution in [2.45, 2.75) is 74.5 Å². The molecule has 0 radical (unpaired) electrons. The van der Waals surface area contributed by atoms with E-state index >= 15 is 0 Å². The van der Waals surface area contributed by atoms with Crippen molar-refractivity contribution in [3.05, 3.63) is 29.8 Å². The van der Waals surface area contributed by atoms with Gasteiger partial charge in [0.2, 0.25) is 5.91 Å². The van der Waals surface area contributed by atoms with Crippen molar-refractivity contribution in [1.29, 1.82) is 0 Å². The number of rotatable bonds is 6. The molecule has 1 atom stereocenters. The molecular formula is C21H32N2OS. The predicted molar refractivity (Wildman–Crippen MR) is 106 cm³/mol. The van der Waals surface area contributed by atoms with Crippen LogP contribution in [-0.4, -0.2) is 35.7 Å². The molecule has 1 aromatic carbocycles. The third-order valence-corrected chi connectivity index (χ3v) is 6.78. The van der Waals surface area contributed by atoms with Gasteiger partial charge in [0.1, 0.15) is 0 Å². The van der Waals surface area contributed by atoms with Gasteiger partial charge in [0, 0.05) is 10.1 Å². The molecule has 1 unspecified atom stereocenters. The van der Waals surface area contributed by atoms with Crippen molar-refractivity contribution in [2.24, 2.45) is 0 Å². The zero-order valence-corrected chi connectivity index (χ0v) is 16.3. The Hall–Kier alpha value is -1.00. The number of nitrogens with zero attached hydrogens (tertiary/aromatic N) is 1. The molecule has 1 heterocycles. The summed E-state index contributed by atoms with van der Waals surface area (Å²) in [7, 11) is 0. The minimum absolute atomic E-state index is 0.0750. The number of thioether (sulfide) groups is 1. The monoisotopic (exact) mass is 360 g/mol. The first-order valence-corrected chi connectivity index (χ1v) is 10.9. The lowest BCUT2D eigenvalue weighted by Gasteiger charge is -2.26. The number of hydrogen-bond acceptors (Lipinski definition) is 3. The van der Waals surface area contributed by atoms with Crippen LogP contribution in [0.15, 0.2) is 29.2 Å². The fourth-order valence-electron chi connectivity index (χ4n) is 3.90. The summed E-state index contributed by atoms with van der Waals surface area (Å²) >= 11 is 2.03. The summed E-state index contributed by atoms with van der Waals surface area (Å²) in [5.74, 6) is 0.148. The molecule has 25 heavy (non-hydrogen) atoms. The second-order valence-corrected chi connectivity index (χ2v) is 8.95. The molecule has 138 valence electrons. The molecule has 0 spiro atoms. The second kappa shape index (κ2) is 9.63. The summed E-state index contributed by atoms with van der Waals surface area (Å²) in [6.07, 6.45) is 10.6. The molecule has 4 heteroatoms. The Morgan fingerprint density at radius 1 is 1.08 bits per heavy atom. The Bertz CT molecular complexity index is 533. The summed E-state index contributed by atoms with van der Waals surface area (Å²) in [4.78, 5) is 15.9. The van der Waals surface area contributed by atoms with E-state index in [1.165, 1.54) is 61.8 Å². The van der Waals surface area contributed by atoms with Gasteiger partial charge in [0.25, 0.3) is 0 Å². The molecular weight excluding hydrogens is 328 g/mol. The van der Waals surface area contributed by atoms with Crippen molar-refractivity contribution in [2.75, 3.05) is 19.6 Å². The zero-order chi connectivity index (χ0) is 17.5. The highest BCUT2D eigenvalue weighted by molar-refractivity contribution is 8.00. The Balaban J connectivity index is 1.46. The van der Waals surface area contributed by atoms with Gasteiger partial charge in [0.15, 0.2) is 0 Å². The normalized spacial score (nSPS) is 21.0. The van der Waals surface area contributed by atoms with Crippen LogP contribution in [0.25, 0.3) is 0 Å². The first-order valence-electron chi connectivity index (χ1n) is 9.99. The average molecular weight is 361 g/mol. The summed E-state index contributed by atoms with van der Waals surface area (Å²) in [6, 6.07) is 8.88. The van der Waals surface area contributed by atoms with E-state index < -0.39 is 0 Å². The molecule has 0 aromatic heterocycles. The molecule has 1 aliphatic heterocycles. The summed E-state index contributed by atoms with van der Waals surface area (Å²) in [6.45, 7) is 4.75. The zero-order valence-electron chi connectivity index (χ0n) is 15.5. The van der Waals surface area contributed by atoms with Crippen molar-refractivity contribution in [3.8, 4) is 0 Å². The Kier molecular flexibility index (Phi) is 7.23. The van der Waals surface area contributed by atoms with E-state index in [0.717, 1.165) is 18.3 Å². The highest BCUT2D eigenvalue weighted by Crippen LogP contribution is 2.33. The van der Waals surface area contributed by atoms with Gasteiger partial charge in [-0.05, 0) is 63.4 Å². The van der Waals surface area contributed by atoms with Gasteiger partial charge in [-0.15, -0.1) is 11.8 Å². The van der Waals surface area contributed by atoms with Gasteiger partial charge < -0.3 is 5.32 Å². The molecule has 3 rings (SSSR count). The van der Waals surface area contributed by atoms with Crippen LogP contribution >= 0.6 is 11.8 Å². The smallest absolute Gasteiger partial charge is 0.234 e. The lowest BCUT2D eigenvalue weighted by molar-refractivity contribution is -0.123. The largest absolute Gasteiger partial charge is 0.348 e. The minimum atomic E-state index is 0.0750. The quantitative estimate of drug-likeness (QED) is 0.793. The van der Waals surface area contributed by atoms with Gasteiger partial charge >= 0.3 is 0 Å². The summed E-state index contributed by atoms with van der Waals surface area (Å²) < 4.78 is 0. The van der Waals surface area contributed by atoms with Gasteiger partial charge in [-0.1, -0.05) is 37.8 Å². The molecule has 1 saturated carbocycles. The van der Waals surface area contributed by atoms with E-state index in [-0.39, 0.29) is 11.9 Å². The van der Waals surface area contributed by atoms with Gasteiger partial charge in [-0.2, -0.15) is 0 Å². The van der Waals surface area contributed by atoms with E-state index in [2.05, 4.69) is 41.4 Å². The number of amides is 1. The van der Waals surface area contributed by atoms with Crippen LogP contribution in [0, 0.1) is 0 Å². The molecule has 1 aromatic rings. The van der Waals surface area contributed by atoms with Crippen molar-refractivity contribution < 1.29 is 4.79 Å². The van der Waals surface area contributed by atoms with Crippen molar-refractivity contribution >= 4 is 17.7 Å². The topological polar surface area (TPSA) is 32.3 Å². The van der Waals surface area contributed by atoms with Crippen LogP contribution in [0.5, 0.6) is 0 Å². The number of piperidine rings is 1. The molecule has 3 nitrogen and oxygen atoms in total. The maximum Gasteiger partial charge on any atom is 0.234 e. The number of likely N-dealkylation sites (tertiary alicyclic amines) is 1. The second-order valence-electron chi connectivity index (χ2n) is 7.57. The lowest BCUT2D eigenvalue weighted by atomic mass is 10.0. The predicted octanol–water partition coefficient (Wildman–Crippen LogP) is 4.77. The maximum atomic E-state index is 12.3. The van der Waals surface area contributed by atoms with E-state index in [9.17, 15) is 4.79 Å². The third-order valence-electron chi connectivity index (χ3n) is 5.43. The highest BCUT2D eigenvalue weighted by Gasteiger charge is 2.17. The van der Waals surface area contributed by atoms with Crippen LogP contribution in [0.2, 0.25) is 0 Å². The van der Waals surface area contributed by atoms with E-state index in [0.29, 0.717) is 6.54 Å². The number of carbonyl (C=O) groups excluding carboxylic acids is 1. The fraction of sp³-hybridized carbons (Fsp3) is 0.667. The van der Waals surface area contributed by atoms with Crippen LogP contribution in [0.4, 0.5) is 0 Å². The number of benzene rings is 1. The van der Waals surface area contributed by atoms with Gasteiger partial charge in [-0.25, -0.2) is 0 Å². The number of carbonyl (C=O) groups is 1. The maximum absolute atomic E-state index is 12.3. The van der Waals surface area contributed by atoms with Crippen LogP contribution in [-0.2, 0) is 4.79 Å². The van der Waals surface area contributed by atoms with Gasteiger partial charge in [-0.3, -0.25) is 9.69 Å². The van der Waals surface area contributed by atoms with Crippen molar-refractivity contribution in [3.63, 3.8) is 0 Å². The molecule has 1 N–H and O–H groups in total. The Labute approximate surface area is 156 Å². The molecule has 0 bridgehead atoms. The first kappa shape index (κ1) is 18.8. The summed E-state index contributed by atoms with van der Waals surface area (Å²) in [5.41, 5.74) is 1.19.